The van der Waals surface area contributed by atoms with Gasteiger partial charge in [-0.1, -0.05) is 0 Å². The monoisotopic (exact) mass is 169 g/mol. The lowest BCUT2D eigenvalue weighted by molar-refractivity contribution is 0.142. The molecule has 4 heteroatoms. The molecule has 12 heavy (non-hydrogen) atoms. The zero-order valence-electron chi connectivity index (χ0n) is 7.36. The largest absolute Gasteiger partial charge is 0.382 e. The number of rotatable bonds is 5. The number of hydrogen-bond donors (Lipinski definition) is 1. The molecule has 0 amide bonds. The lowest BCUT2D eigenvalue weighted by Gasteiger charge is -2.03. The van der Waals surface area contributed by atoms with Crippen molar-refractivity contribution in [2.24, 2.45) is 0 Å². The summed E-state index contributed by atoms with van der Waals surface area (Å²) in [6, 6.07) is 0. The van der Waals surface area contributed by atoms with Gasteiger partial charge in [0, 0.05) is 32.2 Å². The van der Waals surface area contributed by atoms with Crippen LogP contribution in [0.2, 0.25) is 0 Å². The first-order chi connectivity index (χ1) is 5.84. The van der Waals surface area contributed by atoms with E-state index in [1.807, 2.05) is 17.7 Å². The fraction of sp³-hybridized carbons (Fsp3) is 0.625. The Morgan fingerprint density at radius 2 is 2.50 bits per heavy atom. The minimum atomic E-state index is 0.575. The van der Waals surface area contributed by atoms with Gasteiger partial charge in [0.15, 0.2) is 5.95 Å². The summed E-state index contributed by atoms with van der Waals surface area (Å²) in [5.74, 6) is 0.575. The van der Waals surface area contributed by atoms with E-state index in [-0.39, 0.29) is 0 Å². The molecule has 0 saturated carbocycles. The first kappa shape index (κ1) is 9.06. The third kappa shape index (κ3) is 2.54. The van der Waals surface area contributed by atoms with Crippen LogP contribution in [0, 0.1) is 0 Å². The second kappa shape index (κ2) is 4.77. The fourth-order valence-electron chi connectivity index (χ4n) is 1.01. The van der Waals surface area contributed by atoms with Crippen LogP contribution >= 0.6 is 0 Å². The molecule has 2 N–H and O–H groups in total. The summed E-state index contributed by atoms with van der Waals surface area (Å²) in [6.45, 7) is 4.44. The van der Waals surface area contributed by atoms with Crippen molar-refractivity contribution in [2.75, 3.05) is 18.9 Å². The van der Waals surface area contributed by atoms with E-state index in [1.54, 1.807) is 6.20 Å². The Morgan fingerprint density at radius 3 is 3.08 bits per heavy atom. The Hall–Kier alpha value is -1.03. The molecule has 1 aromatic heterocycles. The molecular formula is C8H15N3O. The third-order valence-corrected chi connectivity index (χ3v) is 1.64. The smallest absolute Gasteiger partial charge is 0.200 e. The summed E-state index contributed by atoms with van der Waals surface area (Å²) in [7, 11) is 0. The van der Waals surface area contributed by atoms with E-state index in [0.717, 1.165) is 26.2 Å². The van der Waals surface area contributed by atoms with Crippen molar-refractivity contribution in [1.29, 1.82) is 0 Å². The van der Waals surface area contributed by atoms with Crippen LogP contribution in [0.3, 0.4) is 0 Å². The van der Waals surface area contributed by atoms with Crippen LogP contribution in [0.15, 0.2) is 12.4 Å². The van der Waals surface area contributed by atoms with Gasteiger partial charge >= 0.3 is 0 Å². The predicted molar refractivity (Wildman–Crippen MR) is 47.7 cm³/mol. The molecule has 4 nitrogen and oxygen atoms in total. The number of nitrogens with two attached hydrogens (primary N) is 1. The Bertz CT molecular complexity index is 222. The lowest BCUT2D eigenvalue weighted by Crippen LogP contribution is -2.05. The number of aromatic nitrogens is 2. The van der Waals surface area contributed by atoms with E-state index in [2.05, 4.69) is 4.98 Å². The maximum absolute atomic E-state index is 5.57. The number of nitrogens with zero attached hydrogens (tertiary/aromatic N) is 2. The molecule has 0 aliphatic rings. The first-order valence-electron chi connectivity index (χ1n) is 4.19. The van der Waals surface area contributed by atoms with Crippen LogP contribution in [0.25, 0.3) is 0 Å². The molecule has 0 bridgehead atoms. The molecule has 0 fully saturated rings. The van der Waals surface area contributed by atoms with Gasteiger partial charge in [0.25, 0.3) is 0 Å². The van der Waals surface area contributed by atoms with Crippen molar-refractivity contribution in [3.05, 3.63) is 12.4 Å². The van der Waals surface area contributed by atoms with E-state index in [9.17, 15) is 0 Å². The van der Waals surface area contributed by atoms with E-state index >= 15 is 0 Å². The van der Waals surface area contributed by atoms with Gasteiger partial charge in [-0.2, -0.15) is 0 Å². The average Bonchev–Trinajstić information content (AvgIpc) is 2.46. The highest BCUT2D eigenvalue weighted by Crippen LogP contribution is 1.99. The van der Waals surface area contributed by atoms with Gasteiger partial charge < -0.3 is 15.0 Å². The van der Waals surface area contributed by atoms with Crippen molar-refractivity contribution in [3.8, 4) is 0 Å². The molecule has 0 atom stereocenters. The van der Waals surface area contributed by atoms with Crippen LogP contribution in [-0.2, 0) is 11.3 Å². The highest BCUT2D eigenvalue weighted by atomic mass is 16.5. The second-order valence-corrected chi connectivity index (χ2v) is 2.53. The zero-order valence-corrected chi connectivity index (χ0v) is 7.36. The molecule has 0 radical (unpaired) electrons. The number of aryl methyl sites for hydroxylation is 1. The Kier molecular flexibility index (Phi) is 3.60. The molecule has 1 aromatic rings. The number of nitrogen functional groups attached to an aromatic ring is 1. The summed E-state index contributed by atoms with van der Waals surface area (Å²) < 4.78 is 7.11. The van der Waals surface area contributed by atoms with Gasteiger partial charge in [-0.15, -0.1) is 0 Å². The SMILES string of the molecule is CCOCCCn1ccnc1N. The summed E-state index contributed by atoms with van der Waals surface area (Å²) in [5, 5.41) is 0. The van der Waals surface area contributed by atoms with Crippen LogP contribution in [0.4, 0.5) is 5.95 Å². The highest BCUT2D eigenvalue weighted by Gasteiger charge is 1.95. The molecule has 1 rings (SSSR count). The van der Waals surface area contributed by atoms with Gasteiger partial charge in [-0.25, -0.2) is 4.98 Å². The van der Waals surface area contributed by atoms with Crippen LogP contribution in [0.5, 0.6) is 0 Å². The summed E-state index contributed by atoms with van der Waals surface area (Å²) >= 11 is 0. The lowest BCUT2D eigenvalue weighted by atomic mass is 10.4. The number of anilines is 1. The van der Waals surface area contributed by atoms with Gasteiger partial charge in [0.2, 0.25) is 0 Å². The maximum Gasteiger partial charge on any atom is 0.200 e. The molecule has 0 aliphatic carbocycles. The Labute approximate surface area is 72.3 Å². The van der Waals surface area contributed by atoms with E-state index < -0.39 is 0 Å². The van der Waals surface area contributed by atoms with Crippen molar-refractivity contribution in [3.63, 3.8) is 0 Å². The van der Waals surface area contributed by atoms with E-state index in [4.69, 9.17) is 10.5 Å². The number of ether oxygens (including phenoxy) is 1. The van der Waals surface area contributed by atoms with Gasteiger partial charge in [0.1, 0.15) is 0 Å². The molecule has 0 unspecified atom stereocenters. The quantitative estimate of drug-likeness (QED) is 0.666. The second-order valence-electron chi connectivity index (χ2n) is 2.53. The van der Waals surface area contributed by atoms with Gasteiger partial charge in [-0.3, -0.25) is 0 Å². The van der Waals surface area contributed by atoms with Crippen molar-refractivity contribution in [2.45, 2.75) is 19.9 Å². The molecule has 0 saturated heterocycles. The number of imidazole rings is 1. The summed E-state index contributed by atoms with van der Waals surface area (Å²) in [4.78, 5) is 3.92. The van der Waals surface area contributed by atoms with Crippen LogP contribution < -0.4 is 5.73 Å². The van der Waals surface area contributed by atoms with Crippen LogP contribution in [0.1, 0.15) is 13.3 Å². The predicted octanol–water partition coefficient (Wildman–Crippen LogP) is 0.892. The zero-order chi connectivity index (χ0) is 8.81. The summed E-state index contributed by atoms with van der Waals surface area (Å²) in [5.41, 5.74) is 5.57. The first-order valence-corrected chi connectivity index (χ1v) is 4.19. The molecule has 68 valence electrons. The van der Waals surface area contributed by atoms with Crippen molar-refractivity contribution >= 4 is 5.95 Å². The van der Waals surface area contributed by atoms with Gasteiger partial charge in [-0.05, 0) is 13.3 Å². The number of hydrogen-bond acceptors (Lipinski definition) is 3. The summed E-state index contributed by atoms with van der Waals surface area (Å²) in [6.07, 6.45) is 4.56. The molecule has 0 aliphatic heterocycles. The standard InChI is InChI=1S/C8H15N3O/c1-2-12-7-3-5-11-6-4-10-8(11)9/h4,6H,2-3,5,7H2,1H3,(H2,9,10). The fourth-order valence-corrected chi connectivity index (χ4v) is 1.01. The maximum atomic E-state index is 5.57. The normalized spacial score (nSPS) is 10.4. The third-order valence-electron chi connectivity index (χ3n) is 1.64. The van der Waals surface area contributed by atoms with Crippen molar-refractivity contribution in [1.82, 2.24) is 9.55 Å². The molecule has 0 aromatic carbocycles. The Morgan fingerprint density at radius 1 is 1.67 bits per heavy atom. The van der Waals surface area contributed by atoms with E-state index in [0.29, 0.717) is 5.95 Å². The minimum Gasteiger partial charge on any atom is -0.382 e. The highest BCUT2D eigenvalue weighted by molar-refractivity contribution is 5.16. The Balaban J connectivity index is 2.20. The van der Waals surface area contributed by atoms with Gasteiger partial charge in [0.05, 0.1) is 0 Å². The molecule has 1 heterocycles. The molecule has 0 spiro atoms. The van der Waals surface area contributed by atoms with Crippen LogP contribution in [-0.4, -0.2) is 22.8 Å². The minimum absolute atomic E-state index is 0.575. The molecular weight excluding hydrogens is 154 g/mol. The average molecular weight is 169 g/mol. The van der Waals surface area contributed by atoms with E-state index in [1.165, 1.54) is 0 Å². The van der Waals surface area contributed by atoms with Crippen molar-refractivity contribution < 1.29 is 4.74 Å². The topological polar surface area (TPSA) is 53.1 Å².